The van der Waals surface area contributed by atoms with Gasteiger partial charge in [-0.25, -0.2) is 9.78 Å². The number of amides is 2. The number of nitrogens with one attached hydrogen (secondary N) is 1. The molecule has 13 heteroatoms. The van der Waals surface area contributed by atoms with Crippen LogP contribution in [0.1, 0.15) is 49.0 Å². The summed E-state index contributed by atoms with van der Waals surface area (Å²) in [5.74, 6) is -0.0464. The van der Waals surface area contributed by atoms with E-state index in [0.717, 1.165) is 0 Å². The monoisotopic (exact) mass is 506 g/mol. The Kier molecular flexibility index (Phi) is 7.09. The number of hydrogen-bond acceptors (Lipinski definition) is 4. The van der Waals surface area contributed by atoms with Crippen molar-refractivity contribution in [2.75, 3.05) is 19.6 Å². The van der Waals surface area contributed by atoms with Crippen molar-refractivity contribution < 1.29 is 40.7 Å². The van der Waals surface area contributed by atoms with Gasteiger partial charge in [-0.2, -0.15) is 26.3 Å². The number of halogens is 6. The Bertz CT molecular complexity index is 1060. The summed E-state index contributed by atoms with van der Waals surface area (Å²) in [5.41, 5.74) is -3.49. The molecule has 1 saturated heterocycles. The van der Waals surface area contributed by atoms with Crippen LogP contribution in [0.15, 0.2) is 24.4 Å². The van der Waals surface area contributed by atoms with E-state index in [1.54, 1.807) is 20.8 Å². The molecular formula is C22H24F6N4O3. The van der Waals surface area contributed by atoms with Crippen LogP contribution in [-0.2, 0) is 34.8 Å². The van der Waals surface area contributed by atoms with Crippen LogP contribution in [0.25, 0.3) is 0 Å². The van der Waals surface area contributed by atoms with Crippen LogP contribution < -0.4 is 0 Å². The molecule has 0 saturated carbocycles. The van der Waals surface area contributed by atoms with E-state index in [9.17, 15) is 35.9 Å². The van der Waals surface area contributed by atoms with Crippen LogP contribution in [0.3, 0.4) is 0 Å². The number of nitrogens with zero attached hydrogens (tertiary/aromatic N) is 3. The van der Waals surface area contributed by atoms with Gasteiger partial charge in [0, 0.05) is 25.7 Å². The van der Waals surface area contributed by atoms with E-state index in [1.165, 1.54) is 16.0 Å². The maximum atomic E-state index is 13.1. The molecule has 1 fully saturated rings. The Morgan fingerprint density at radius 2 is 1.63 bits per heavy atom. The van der Waals surface area contributed by atoms with Gasteiger partial charge in [-0.3, -0.25) is 9.69 Å². The lowest BCUT2D eigenvalue weighted by Crippen LogP contribution is -2.52. The Labute approximate surface area is 197 Å². The van der Waals surface area contributed by atoms with Gasteiger partial charge < -0.3 is 14.6 Å². The molecule has 0 spiro atoms. The predicted molar refractivity (Wildman–Crippen MR) is 111 cm³/mol. The predicted octanol–water partition coefficient (Wildman–Crippen LogP) is 4.62. The number of benzene rings is 1. The number of rotatable bonds is 4. The number of H-pyrrole nitrogens is 1. The largest absolute Gasteiger partial charge is 0.444 e. The second-order valence-corrected chi connectivity index (χ2v) is 9.15. The maximum absolute atomic E-state index is 13.1. The summed E-state index contributed by atoms with van der Waals surface area (Å²) in [6.07, 6.45) is -9.39. The molecule has 1 N–H and O–H groups in total. The van der Waals surface area contributed by atoms with Crippen molar-refractivity contribution in [3.05, 3.63) is 52.6 Å². The Morgan fingerprint density at radius 1 is 1.03 bits per heavy atom. The highest BCUT2D eigenvalue weighted by Crippen LogP contribution is 2.36. The minimum Gasteiger partial charge on any atom is -0.444 e. The minimum atomic E-state index is -4.94. The molecule has 7 nitrogen and oxygen atoms in total. The van der Waals surface area contributed by atoms with Crippen molar-refractivity contribution in [3.63, 3.8) is 0 Å². The number of aromatic nitrogens is 2. The average Bonchev–Trinajstić information content (AvgIpc) is 3.13. The quantitative estimate of drug-likeness (QED) is 0.614. The molecule has 0 radical (unpaired) electrons. The van der Waals surface area contributed by atoms with Crippen LogP contribution in [0.2, 0.25) is 0 Å². The number of imidazole rings is 1. The second-order valence-electron chi connectivity index (χ2n) is 9.15. The third kappa shape index (κ3) is 7.12. The van der Waals surface area contributed by atoms with Gasteiger partial charge >= 0.3 is 18.4 Å². The lowest BCUT2D eigenvalue weighted by Gasteiger charge is -2.34. The van der Waals surface area contributed by atoms with Gasteiger partial charge in [0.15, 0.2) is 0 Å². The van der Waals surface area contributed by atoms with Crippen molar-refractivity contribution in [1.29, 1.82) is 0 Å². The van der Waals surface area contributed by atoms with E-state index in [2.05, 4.69) is 9.97 Å². The fourth-order valence-electron chi connectivity index (χ4n) is 3.45. The number of piperazine rings is 1. The van der Waals surface area contributed by atoms with Crippen LogP contribution >= 0.6 is 0 Å². The molecule has 2 amide bonds. The van der Waals surface area contributed by atoms with Crippen LogP contribution in [0.4, 0.5) is 31.1 Å². The van der Waals surface area contributed by atoms with Gasteiger partial charge in [0.25, 0.3) is 0 Å². The fourth-order valence-corrected chi connectivity index (χ4v) is 3.45. The topological polar surface area (TPSA) is 78.5 Å². The summed E-state index contributed by atoms with van der Waals surface area (Å²) >= 11 is 0. The first-order valence-corrected chi connectivity index (χ1v) is 10.6. The molecule has 1 aromatic heterocycles. The second kappa shape index (κ2) is 9.42. The van der Waals surface area contributed by atoms with Gasteiger partial charge in [-0.05, 0) is 44.5 Å². The van der Waals surface area contributed by atoms with Crippen LogP contribution in [0.5, 0.6) is 0 Å². The highest BCUT2D eigenvalue weighted by molar-refractivity contribution is 5.83. The average molecular weight is 506 g/mol. The molecule has 0 unspecified atom stereocenters. The normalized spacial score (nSPS) is 15.5. The zero-order valence-corrected chi connectivity index (χ0v) is 19.2. The first-order valence-electron chi connectivity index (χ1n) is 10.6. The van der Waals surface area contributed by atoms with E-state index >= 15 is 0 Å². The number of aromatic amines is 1. The highest BCUT2D eigenvalue weighted by Gasteiger charge is 2.37. The number of ether oxygens (including phenoxy) is 1. The van der Waals surface area contributed by atoms with Gasteiger partial charge in [0.1, 0.15) is 18.0 Å². The number of carbonyl (C=O) groups is 2. The SMILES string of the molecule is CC(C)(C)OC(=O)N1CCN(Cc2nc(Cc3cc(C(F)(F)F)cc(C(F)(F)F)c3)c[nH]2)C(=O)C1. The van der Waals surface area contributed by atoms with Gasteiger partial charge in [0.05, 0.1) is 23.4 Å². The molecule has 35 heavy (non-hydrogen) atoms. The highest BCUT2D eigenvalue weighted by atomic mass is 19.4. The summed E-state index contributed by atoms with van der Waals surface area (Å²) in [5, 5.41) is 0. The zero-order valence-electron chi connectivity index (χ0n) is 19.2. The first-order chi connectivity index (χ1) is 16.0. The van der Waals surface area contributed by atoms with Crippen molar-refractivity contribution in [3.8, 4) is 0 Å². The Hall–Kier alpha value is -3.25. The van der Waals surface area contributed by atoms with Crippen LogP contribution in [0, 0.1) is 0 Å². The Balaban J connectivity index is 1.67. The molecule has 192 valence electrons. The fraction of sp³-hybridized carbons (Fsp3) is 0.500. The maximum Gasteiger partial charge on any atom is 0.416 e. The third-order valence-corrected chi connectivity index (χ3v) is 5.03. The van der Waals surface area contributed by atoms with Gasteiger partial charge in [0.2, 0.25) is 5.91 Å². The first kappa shape index (κ1) is 26.4. The zero-order chi connectivity index (χ0) is 26.2. The lowest BCUT2D eigenvalue weighted by atomic mass is 10.0. The molecule has 1 aliphatic rings. The summed E-state index contributed by atoms with van der Waals surface area (Å²) in [7, 11) is 0. The lowest BCUT2D eigenvalue weighted by molar-refractivity contribution is -0.143. The number of carbonyl (C=O) groups excluding carboxylic acids is 2. The van der Waals surface area contributed by atoms with E-state index < -0.39 is 35.2 Å². The van der Waals surface area contributed by atoms with Crippen molar-refractivity contribution in [2.24, 2.45) is 0 Å². The minimum absolute atomic E-state index is 0.0391. The molecule has 0 atom stereocenters. The van der Waals surface area contributed by atoms with E-state index in [0.29, 0.717) is 18.0 Å². The molecule has 0 aliphatic carbocycles. The summed E-state index contributed by atoms with van der Waals surface area (Å²) in [6.45, 7) is 5.42. The molecule has 3 rings (SSSR count). The summed E-state index contributed by atoms with van der Waals surface area (Å²) in [4.78, 5) is 34.3. The van der Waals surface area contributed by atoms with Crippen LogP contribution in [-0.4, -0.2) is 57.0 Å². The van der Waals surface area contributed by atoms with Gasteiger partial charge in [-0.15, -0.1) is 0 Å². The van der Waals surface area contributed by atoms with Gasteiger partial charge in [-0.1, -0.05) is 0 Å². The standard InChI is InChI=1S/C22H24F6N4O3/c1-20(2,3)35-19(34)32-5-4-31(18(33)12-32)11-17-29-10-16(30-17)8-13-6-14(21(23,24)25)9-15(7-13)22(26,27)28/h6-7,9-10H,4-5,8,11-12H2,1-3H3,(H,29,30). The molecule has 2 aromatic rings. The van der Waals surface area contributed by atoms with Crippen molar-refractivity contribution in [1.82, 2.24) is 19.8 Å². The van der Waals surface area contributed by atoms with E-state index in [-0.39, 0.29) is 55.8 Å². The Morgan fingerprint density at radius 3 is 2.14 bits per heavy atom. The molecule has 1 aromatic carbocycles. The summed E-state index contributed by atoms with van der Waals surface area (Å²) in [6, 6.07) is 1.38. The van der Waals surface area contributed by atoms with Crippen molar-refractivity contribution >= 4 is 12.0 Å². The number of hydrogen-bond donors (Lipinski definition) is 1. The smallest absolute Gasteiger partial charge is 0.416 e. The molecule has 1 aliphatic heterocycles. The number of alkyl halides is 6. The third-order valence-electron chi connectivity index (χ3n) is 5.03. The van der Waals surface area contributed by atoms with Crippen molar-refractivity contribution in [2.45, 2.75) is 51.7 Å². The van der Waals surface area contributed by atoms with E-state index in [1.807, 2.05) is 0 Å². The molecular weight excluding hydrogens is 482 g/mol. The van der Waals surface area contributed by atoms with E-state index in [4.69, 9.17) is 4.74 Å². The summed E-state index contributed by atoms with van der Waals surface area (Å²) < 4.78 is 83.7. The molecule has 2 heterocycles. The molecule has 0 bridgehead atoms.